The first-order chi connectivity index (χ1) is 14.1. The minimum atomic E-state index is -3.74. The van der Waals surface area contributed by atoms with Crippen molar-refractivity contribution in [3.63, 3.8) is 0 Å². The van der Waals surface area contributed by atoms with E-state index in [2.05, 4.69) is 0 Å². The van der Waals surface area contributed by atoms with Crippen LogP contribution in [0.25, 0.3) is 0 Å². The normalized spacial score (nSPS) is 11.4. The number of ether oxygens (including phenoxy) is 1. The Kier molecular flexibility index (Phi) is 8.19. The lowest BCUT2D eigenvalue weighted by Crippen LogP contribution is -2.36. The molecule has 0 saturated heterocycles. The molecule has 0 aliphatic heterocycles. The zero-order valence-corrected chi connectivity index (χ0v) is 18.4. The zero-order chi connectivity index (χ0) is 22.3. The highest BCUT2D eigenvalue weighted by Crippen LogP contribution is 2.30. The van der Waals surface area contributed by atoms with Crippen LogP contribution in [0.3, 0.4) is 0 Å². The van der Waals surface area contributed by atoms with E-state index < -0.39 is 15.9 Å². The van der Waals surface area contributed by atoms with Gasteiger partial charge in [-0.15, -0.1) is 0 Å². The number of hydrogen-bond acceptors (Lipinski definition) is 6. The summed E-state index contributed by atoms with van der Waals surface area (Å²) in [4.78, 5) is 16.5. The maximum atomic E-state index is 13.6. The smallest absolute Gasteiger partial charge is 0.309 e. The second-order valence-electron chi connectivity index (χ2n) is 6.96. The van der Waals surface area contributed by atoms with Gasteiger partial charge in [0, 0.05) is 25.2 Å². The van der Waals surface area contributed by atoms with Gasteiger partial charge >= 0.3 is 10.1 Å². The Morgan fingerprint density at radius 1 is 1.07 bits per heavy atom. The second kappa shape index (κ2) is 10.4. The van der Waals surface area contributed by atoms with Crippen LogP contribution < -0.4 is 8.92 Å². The third-order valence-corrected chi connectivity index (χ3v) is 5.49. The number of benzene rings is 2. The van der Waals surface area contributed by atoms with Gasteiger partial charge in [-0.1, -0.05) is 12.1 Å². The fourth-order valence-corrected chi connectivity index (χ4v) is 3.20. The molecule has 0 unspecified atom stereocenters. The second-order valence-corrected chi connectivity index (χ2v) is 8.81. The first kappa shape index (κ1) is 23.6. The van der Waals surface area contributed by atoms with Crippen molar-refractivity contribution in [1.29, 1.82) is 0 Å². The maximum Gasteiger partial charge on any atom is 0.309 e. The fourth-order valence-electron chi connectivity index (χ4n) is 2.68. The van der Waals surface area contributed by atoms with Crippen LogP contribution in [0.2, 0.25) is 0 Å². The number of amides is 1. The number of likely N-dealkylation sites (N-methyl/N-ethyl adjacent to an activating group) is 1. The van der Waals surface area contributed by atoms with Crippen molar-refractivity contribution >= 4 is 16.0 Å². The highest BCUT2D eigenvalue weighted by Gasteiger charge is 2.19. The molecule has 0 aliphatic carbocycles. The van der Waals surface area contributed by atoms with Crippen molar-refractivity contribution in [2.75, 3.05) is 40.0 Å². The highest BCUT2D eigenvalue weighted by molar-refractivity contribution is 7.87. The minimum absolute atomic E-state index is 0.0580. The van der Waals surface area contributed by atoms with E-state index in [9.17, 15) is 17.6 Å². The summed E-state index contributed by atoms with van der Waals surface area (Å²) in [6, 6.07) is 10.4. The van der Waals surface area contributed by atoms with Gasteiger partial charge in [-0.3, -0.25) is 4.79 Å². The molecule has 0 aliphatic rings. The van der Waals surface area contributed by atoms with E-state index >= 15 is 0 Å². The molecule has 0 heterocycles. The van der Waals surface area contributed by atoms with E-state index in [1.54, 1.807) is 23.1 Å². The molecule has 2 rings (SSSR count). The lowest BCUT2D eigenvalue weighted by molar-refractivity contribution is 0.0731. The number of hydrogen-bond donors (Lipinski definition) is 0. The van der Waals surface area contributed by atoms with Crippen LogP contribution in [0.4, 0.5) is 4.39 Å². The summed E-state index contributed by atoms with van der Waals surface area (Å²) in [5.41, 5.74) is 0.896. The molecule has 0 fully saturated rings. The first-order valence-electron chi connectivity index (χ1n) is 9.44. The standard InChI is InChI=1S/C21H27FN2O5S/c1-5-30(26,27)29-20-13-16(9-10-19(20)28-4)15-24(12-11-23(2)3)21(25)17-7-6-8-18(22)14-17/h6-10,13-14H,5,11-12,15H2,1-4H3. The SMILES string of the molecule is CCS(=O)(=O)Oc1cc(CN(CCN(C)C)C(=O)c2cccc(F)c2)ccc1OC. The Morgan fingerprint density at radius 3 is 2.40 bits per heavy atom. The summed E-state index contributed by atoms with van der Waals surface area (Å²) in [5.74, 6) is -0.670. The molecule has 9 heteroatoms. The van der Waals surface area contributed by atoms with E-state index in [0.29, 0.717) is 18.7 Å². The van der Waals surface area contributed by atoms with Crippen LogP contribution in [-0.2, 0) is 16.7 Å². The maximum absolute atomic E-state index is 13.6. The fraction of sp³-hybridized carbons (Fsp3) is 0.381. The van der Waals surface area contributed by atoms with Gasteiger partial charge in [-0.05, 0) is 56.9 Å². The molecule has 1 amide bonds. The van der Waals surface area contributed by atoms with Crippen molar-refractivity contribution in [3.8, 4) is 11.5 Å². The predicted molar refractivity (Wildman–Crippen MR) is 113 cm³/mol. The van der Waals surface area contributed by atoms with Gasteiger partial charge in [0.25, 0.3) is 5.91 Å². The zero-order valence-electron chi connectivity index (χ0n) is 17.6. The Bertz CT molecular complexity index is 979. The topological polar surface area (TPSA) is 76.2 Å². The van der Waals surface area contributed by atoms with Crippen LogP contribution in [0.15, 0.2) is 42.5 Å². The molecule has 164 valence electrons. The van der Waals surface area contributed by atoms with Crippen molar-refractivity contribution < 1.29 is 26.5 Å². The third kappa shape index (κ3) is 6.70. The van der Waals surface area contributed by atoms with Gasteiger partial charge in [0.1, 0.15) is 5.82 Å². The largest absolute Gasteiger partial charge is 0.493 e. The Hall–Kier alpha value is -2.65. The van der Waals surface area contributed by atoms with Crippen molar-refractivity contribution in [3.05, 3.63) is 59.4 Å². The Labute approximate surface area is 177 Å². The average molecular weight is 439 g/mol. The lowest BCUT2D eigenvalue weighted by atomic mass is 10.1. The van der Waals surface area contributed by atoms with E-state index in [0.717, 1.165) is 0 Å². The van der Waals surface area contributed by atoms with Crippen molar-refractivity contribution in [1.82, 2.24) is 9.80 Å². The highest BCUT2D eigenvalue weighted by atomic mass is 32.2. The molecule has 30 heavy (non-hydrogen) atoms. The predicted octanol–water partition coefficient (Wildman–Crippen LogP) is 2.77. The van der Waals surface area contributed by atoms with Crippen LogP contribution in [0.5, 0.6) is 11.5 Å². The van der Waals surface area contributed by atoms with Crippen LogP contribution in [0.1, 0.15) is 22.8 Å². The molecule has 0 spiro atoms. The monoisotopic (exact) mass is 438 g/mol. The molecule has 0 N–H and O–H groups in total. The van der Waals surface area contributed by atoms with Gasteiger partial charge in [0.2, 0.25) is 0 Å². The molecule has 0 atom stereocenters. The summed E-state index contributed by atoms with van der Waals surface area (Å²) in [6.07, 6.45) is 0. The van der Waals surface area contributed by atoms with Gasteiger partial charge in [-0.25, -0.2) is 4.39 Å². The Balaban J connectivity index is 2.33. The van der Waals surface area contributed by atoms with Crippen LogP contribution in [0, 0.1) is 5.82 Å². The first-order valence-corrected chi connectivity index (χ1v) is 11.0. The number of methoxy groups -OCH3 is 1. The number of nitrogens with zero attached hydrogens (tertiary/aromatic N) is 2. The third-order valence-electron chi connectivity index (χ3n) is 4.35. The summed E-state index contributed by atoms with van der Waals surface area (Å²) in [5, 5.41) is 0. The van der Waals surface area contributed by atoms with Crippen molar-refractivity contribution in [2.24, 2.45) is 0 Å². The number of carbonyl (C=O) groups is 1. The molecule has 0 saturated carbocycles. The molecular formula is C21H27FN2O5S. The molecular weight excluding hydrogens is 411 g/mol. The summed E-state index contributed by atoms with van der Waals surface area (Å²) < 4.78 is 47.7. The Morgan fingerprint density at radius 2 is 1.80 bits per heavy atom. The molecule has 0 bridgehead atoms. The van der Waals surface area contributed by atoms with Crippen molar-refractivity contribution in [2.45, 2.75) is 13.5 Å². The molecule has 0 radical (unpaired) electrons. The molecule has 2 aromatic rings. The van der Waals surface area contributed by atoms with E-state index in [-0.39, 0.29) is 35.3 Å². The number of rotatable bonds is 10. The van der Waals surface area contributed by atoms with Gasteiger partial charge in [-0.2, -0.15) is 8.42 Å². The molecule has 7 nitrogen and oxygen atoms in total. The summed E-state index contributed by atoms with van der Waals surface area (Å²) in [7, 11) is 1.45. The molecule has 0 aromatic heterocycles. The summed E-state index contributed by atoms with van der Waals surface area (Å²) >= 11 is 0. The lowest BCUT2D eigenvalue weighted by Gasteiger charge is -2.25. The van der Waals surface area contributed by atoms with Gasteiger partial charge in [0.15, 0.2) is 11.5 Å². The summed E-state index contributed by atoms with van der Waals surface area (Å²) in [6.45, 7) is 2.67. The van der Waals surface area contributed by atoms with Crippen LogP contribution in [-0.4, -0.2) is 64.2 Å². The minimum Gasteiger partial charge on any atom is -0.493 e. The van der Waals surface area contributed by atoms with Gasteiger partial charge < -0.3 is 18.7 Å². The van der Waals surface area contributed by atoms with E-state index in [1.165, 1.54) is 38.3 Å². The average Bonchev–Trinajstić information content (AvgIpc) is 2.70. The number of halogens is 1. The van der Waals surface area contributed by atoms with E-state index in [4.69, 9.17) is 8.92 Å². The quantitative estimate of drug-likeness (QED) is 0.531. The van der Waals surface area contributed by atoms with Crippen LogP contribution >= 0.6 is 0 Å². The van der Waals surface area contributed by atoms with Gasteiger partial charge in [0.05, 0.1) is 12.9 Å². The van der Waals surface area contributed by atoms with E-state index in [1.807, 2.05) is 19.0 Å². The molecule has 2 aromatic carbocycles. The number of carbonyl (C=O) groups excluding carboxylic acids is 1.